The molecule has 0 heterocycles. The fraction of sp³-hybridized carbons (Fsp3) is 0.600. The second kappa shape index (κ2) is 11.6. The zero-order valence-electron chi connectivity index (χ0n) is 15.9. The minimum absolute atomic E-state index is 0.0712. The molecule has 0 saturated carbocycles. The molecule has 0 aliphatic heterocycles. The zero-order chi connectivity index (χ0) is 17.8. The Labute approximate surface area is 144 Å². The van der Waals surface area contributed by atoms with E-state index in [0.717, 1.165) is 19.3 Å². The lowest BCUT2D eigenvalue weighted by Crippen LogP contribution is -2.43. The van der Waals surface area contributed by atoms with Gasteiger partial charge in [0.15, 0.2) is 8.32 Å². The number of hydrogen-bond donors (Lipinski definition) is 1. The van der Waals surface area contributed by atoms with Crippen LogP contribution in [0, 0.1) is 0 Å². The Hall–Kier alpha value is -0.903. The summed E-state index contributed by atoms with van der Waals surface area (Å²) in [6, 6.07) is 0. The van der Waals surface area contributed by atoms with Gasteiger partial charge in [-0.15, -0.1) is 0 Å². The molecule has 0 fully saturated rings. The summed E-state index contributed by atoms with van der Waals surface area (Å²) in [5.41, 5.74) is 0. The van der Waals surface area contributed by atoms with E-state index in [1.54, 1.807) is 6.08 Å². The lowest BCUT2D eigenvalue weighted by molar-refractivity contribution is 0.228. The van der Waals surface area contributed by atoms with Crippen molar-refractivity contribution in [3.05, 3.63) is 48.6 Å². The van der Waals surface area contributed by atoms with Gasteiger partial charge in [-0.25, -0.2) is 0 Å². The van der Waals surface area contributed by atoms with Crippen molar-refractivity contribution in [2.75, 3.05) is 6.61 Å². The molecular weight excluding hydrogens is 300 g/mol. The first-order valence-electron chi connectivity index (χ1n) is 8.66. The molecule has 0 amide bonds. The summed E-state index contributed by atoms with van der Waals surface area (Å²) >= 11 is 0. The van der Waals surface area contributed by atoms with Gasteiger partial charge in [0, 0.05) is 0 Å². The van der Waals surface area contributed by atoms with E-state index in [9.17, 15) is 0 Å². The Balaban J connectivity index is 4.78. The van der Waals surface area contributed by atoms with E-state index in [1.807, 2.05) is 12.2 Å². The zero-order valence-corrected chi connectivity index (χ0v) is 16.9. The first kappa shape index (κ1) is 22.1. The quantitative estimate of drug-likeness (QED) is 0.311. The van der Waals surface area contributed by atoms with Gasteiger partial charge in [-0.3, -0.25) is 0 Å². The number of allylic oxidation sites excluding steroid dienone is 5. The fourth-order valence-electron chi connectivity index (χ4n) is 1.72. The average molecular weight is 337 g/mol. The fourth-order valence-corrected chi connectivity index (χ4v) is 3.00. The van der Waals surface area contributed by atoms with E-state index in [1.165, 1.54) is 0 Å². The Morgan fingerprint density at radius 2 is 1.65 bits per heavy atom. The van der Waals surface area contributed by atoms with Crippen LogP contribution in [0.15, 0.2) is 48.6 Å². The molecule has 0 bridgehead atoms. The maximum atomic E-state index is 8.81. The number of hydrogen-bond acceptors (Lipinski definition) is 2. The molecule has 1 atom stereocenters. The van der Waals surface area contributed by atoms with Crippen LogP contribution in [0.25, 0.3) is 0 Å². The molecule has 0 aromatic carbocycles. The average Bonchev–Trinajstić information content (AvgIpc) is 2.45. The van der Waals surface area contributed by atoms with Gasteiger partial charge in [-0.1, -0.05) is 76.3 Å². The molecule has 0 aromatic heterocycles. The summed E-state index contributed by atoms with van der Waals surface area (Å²) in [7, 11) is -1.79. The van der Waals surface area contributed by atoms with Crippen LogP contribution in [0.3, 0.4) is 0 Å². The lowest BCUT2D eigenvalue weighted by Gasteiger charge is -2.38. The third-order valence-electron chi connectivity index (χ3n) is 4.14. The molecule has 2 nitrogen and oxygen atoms in total. The smallest absolute Gasteiger partial charge is 0.192 e. The SMILES string of the molecule is CC/C=C\C/C=C\C[C@@H](/C=C\C=C\CO)O[Si](C)(C)C(C)(C)C. The molecular formula is C20H36O2Si. The Kier molecular flexibility index (Phi) is 11.1. The lowest BCUT2D eigenvalue weighted by atomic mass is 10.2. The summed E-state index contributed by atoms with van der Waals surface area (Å²) in [5.74, 6) is 0. The van der Waals surface area contributed by atoms with Crippen molar-refractivity contribution in [2.45, 2.75) is 71.2 Å². The standard InChI is InChI=1S/C20H36O2Si/c1-7-8-9-10-11-13-16-19(17-14-12-15-18-21)22-23(5,6)20(2,3)4/h8-9,11-15,17,19,21H,7,10,16,18H2,1-6H3/b9-8-,13-11-,15-12+,17-14-/t19-/m0/s1. The minimum atomic E-state index is -1.79. The molecule has 1 N–H and O–H groups in total. The number of aliphatic hydroxyl groups excluding tert-OH is 1. The van der Waals surface area contributed by atoms with Crippen LogP contribution in [0.4, 0.5) is 0 Å². The predicted octanol–water partition coefficient (Wildman–Crippen LogP) is 5.78. The van der Waals surface area contributed by atoms with Gasteiger partial charge in [0.05, 0.1) is 12.7 Å². The van der Waals surface area contributed by atoms with Crippen LogP contribution in [-0.4, -0.2) is 26.1 Å². The first-order valence-corrected chi connectivity index (χ1v) is 11.6. The van der Waals surface area contributed by atoms with Gasteiger partial charge in [0.25, 0.3) is 0 Å². The van der Waals surface area contributed by atoms with Gasteiger partial charge in [0.1, 0.15) is 0 Å². The third-order valence-corrected chi connectivity index (χ3v) is 8.64. The number of rotatable bonds is 10. The van der Waals surface area contributed by atoms with E-state index >= 15 is 0 Å². The molecule has 23 heavy (non-hydrogen) atoms. The third kappa shape index (κ3) is 10.5. The van der Waals surface area contributed by atoms with Crippen LogP contribution in [0.5, 0.6) is 0 Å². The van der Waals surface area contributed by atoms with Crippen molar-refractivity contribution in [1.82, 2.24) is 0 Å². The summed E-state index contributed by atoms with van der Waals surface area (Å²) in [6.07, 6.45) is 19.5. The summed E-state index contributed by atoms with van der Waals surface area (Å²) in [6.45, 7) is 13.6. The molecule has 0 rings (SSSR count). The Morgan fingerprint density at radius 1 is 1.00 bits per heavy atom. The van der Waals surface area contributed by atoms with Crippen LogP contribution in [-0.2, 0) is 4.43 Å². The van der Waals surface area contributed by atoms with Crippen LogP contribution < -0.4 is 0 Å². The topological polar surface area (TPSA) is 29.5 Å². The molecule has 0 aliphatic carbocycles. The van der Waals surface area contributed by atoms with Crippen molar-refractivity contribution in [3.63, 3.8) is 0 Å². The molecule has 132 valence electrons. The van der Waals surface area contributed by atoms with Gasteiger partial charge in [0.2, 0.25) is 0 Å². The first-order chi connectivity index (χ1) is 10.7. The Bertz CT molecular complexity index is 412. The van der Waals surface area contributed by atoms with Crippen molar-refractivity contribution < 1.29 is 9.53 Å². The van der Waals surface area contributed by atoms with E-state index in [-0.39, 0.29) is 17.7 Å². The molecule has 0 saturated heterocycles. The molecule has 0 spiro atoms. The highest BCUT2D eigenvalue weighted by Crippen LogP contribution is 2.37. The highest BCUT2D eigenvalue weighted by molar-refractivity contribution is 6.74. The molecule has 3 heteroatoms. The second-order valence-electron chi connectivity index (χ2n) is 7.23. The van der Waals surface area contributed by atoms with Crippen molar-refractivity contribution in [1.29, 1.82) is 0 Å². The van der Waals surface area contributed by atoms with Gasteiger partial charge < -0.3 is 9.53 Å². The highest BCUT2D eigenvalue weighted by atomic mass is 28.4. The normalized spacial score (nSPS) is 15.6. The summed E-state index contributed by atoms with van der Waals surface area (Å²) in [4.78, 5) is 0. The number of aliphatic hydroxyl groups is 1. The maximum Gasteiger partial charge on any atom is 0.192 e. The van der Waals surface area contributed by atoms with Crippen LogP contribution in [0.1, 0.15) is 47.0 Å². The molecule has 0 aliphatic rings. The van der Waals surface area contributed by atoms with E-state index < -0.39 is 8.32 Å². The monoisotopic (exact) mass is 336 g/mol. The van der Waals surface area contributed by atoms with Crippen LogP contribution in [0.2, 0.25) is 18.1 Å². The predicted molar refractivity (Wildman–Crippen MR) is 105 cm³/mol. The van der Waals surface area contributed by atoms with E-state index in [0.29, 0.717) is 0 Å². The van der Waals surface area contributed by atoms with Gasteiger partial charge >= 0.3 is 0 Å². The van der Waals surface area contributed by atoms with Crippen LogP contribution >= 0.6 is 0 Å². The van der Waals surface area contributed by atoms with Crippen molar-refractivity contribution in [3.8, 4) is 0 Å². The van der Waals surface area contributed by atoms with E-state index in [2.05, 4.69) is 71.2 Å². The molecule has 0 aromatic rings. The second-order valence-corrected chi connectivity index (χ2v) is 12.0. The largest absolute Gasteiger partial charge is 0.410 e. The molecule has 0 unspecified atom stereocenters. The molecule has 0 radical (unpaired) electrons. The van der Waals surface area contributed by atoms with Crippen molar-refractivity contribution >= 4 is 8.32 Å². The van der Waals surface area contributed by atoms with Crippen molar-refractivity contribution in [2.24, 2.45) is 0 Å². The summed E-state index contributed by atoms with van der Waals surface area (Å²) < 4.78 is 6.50. The van der Waals surface area contributed by atoms with E-state index in [4.69, 9.17) is 9.53 Å². The Morgan fingerprint density at radius 3 is 2.22 bits per heavy atom. The highest BCUT2D eigenvalue weighted by Gasteiger charge is 2.38. The van der Waals surface area contributed by atoms with Gasteiger partial charge in [-0.05, 0) is 37.4 Å². The minimum Gasteiger partial charge on any atom is -0.410 e. The summed E-state index contributed by atoms with van der Waals surface area (Å²) in [5, 5.41) is 9.01. The van der Waals surface area contributed by atoms with Gasteiger partial charge in [-0.2, -0.15) is 0 Å². The maximum absolute atomic E-state index is 8.81.